The van der Waals surface area contributed by atoms with Crippen LogP contribution in [0.5, 0.6) is 5.75 Å². The van der Waals surface area contributed by atoms with Gasteiger partial charge < -0.3 is 14.4 Å². The predicted molar refractivity (Wildman–Crippen MR) is 147 cm³/mol. The second kappa shape index (κ2) is 13.3. The Hall–Kier alpha value is -3.76. The van der Waals surface area contributed by atoms with Gasteiger partial charge in [0, 0.05) is 50.0 Å². The van der Waals surface area contributed by atoms with Gasteiger partial charge in [0.05, 0.1) is 32.6 Å². The SMILES string of the molecule is COc1ccc(-c2cn(-c3ccc(F)cc3)c(NC(=O)CN(CCN3CCOCC3)C(=O)CC(C)C)n2)cc1. The molecule has 0 aliphatic carbocycles. The van der Waals surface area contributed by atoms with E-state index in [1.807, 2.05) is 38.1 Å². The van der Waals surface area contributed by atoms with Gasteiger partial charge in [0.2, 0.25) is 17.8 Å². The zero-order valence-electron chi connectivity index (χ0n) is 22.7. The number of nitrogens with one attached hydrogen (secondary N) is 1. The number of ether oxygens (including phenoxy) is 2. The van der Waals surface area contributed by atoms with Gasteiger partial charge in [-0.1, -0.05) is 13.8 Å². The molecule has 1 aliphatic rings. The largest absolute Gasteiger partial charge is 0.497 e. The van der Waals surface area contributed by atoms with Crippen LogP contribution < -0.4 is 10.1 Å². The van der Waals surface area contributed by atoms with Crippen LogP contribution in [0.1, 0.15) is 20.3 Å². The van der Waals surface area contributed by atoms with Gasteiger partial charge in [-0.05, 0) is 54.4 Å². The first-order chi connectivity index (χ1) is 18.8. The zero-order valence-corrected chi connectivity index (χ0v) is 22.7. The van der Waals surface area contributed by atoms with E-state index >= 15 is 0 Å². The maximum absolute atomic E-state index is 13.6. The molecule has 0 radical (unpaired) electrons. The third kappa shape index (κ3) is 7.87. The number of nitrogens with zero attached hydrogens (tertiary/aromatic N) is 4. The Bertz CT molecular complexity index is 1240. The highest BCUT2D eigenvalue weighted by atomic mass is 19.1. The summed E-state index contributed by atoms with van der Waals surface area (Å²) in [4.78, 5) is 34.8. The molecule has 3 aromatic rings. The molecule has 0 unspecified atom stereocenters. The van der Waals surface area contributed by atoms with Gasteiger partial charge in [0.25, 0.3) is 0 Å². The molecule has 1 saturated heterocycles. The number of carbonyl (C=O) groups excluding carboxylic acids is 2. The second-order valence-corrected chi connectivity index (χ2v) is 9.94. The van der Waals surface area contributed by atoms with Gasteiger partial charge in [-0.15, -0.1) is 0 Å². The average molecular weight is 538 g/mol. The van der Waals surface area contributed by atoms with Gasteiger partial charge in [-0.3, -0.25) is 24.4 Å². The number of benzene rings is 2. The zero-order chi connectivity index (χ0) is 27.8. The first-order valence-electron chi connectivity index (χ1n) is 13.2. The van der Waals surface area contributed by atoms with Gasteiger partial charge in [0.1, 0.15) is 11.6 Å². The Morgan fingerprint density at radius 3 is 2.44 bits per heavy atom. The van der Waals surface area contributed by atoms with Crippen LogP contribution in [-0.4, -0.2) is 84.2 Å². The molecule has 4 rings (SSSR count). The van der Waals surface area contributed by atoms with Crippen molar-refractivity contribution in [2.24, 2.45) is 5.92 Å². The highest BCUT2D eigenvalue weighted by molar-refractivity contribution is 5.94. The molecule has 208 valence electrons. The van der Waals surface area contributed by atoms with Crippen LogP contribution in [0.25, 0.3) is 16.9 Å². The molecule has 1 aromatic heterocycles. The van der Waals surface area contributed by atoms with Gasteiger partial charge >= 0.3 is 0 Å². The molecule has 39 heavy (non-hydrogen) atoms. The van der Waals surface area contributed by atoms with Crippen molar-refractivity contribution in [2.45, 2.75) is 20.3 Å². The van der Waals surface area contributed by atoms with E-state index in [4.69, 9.17) is 9.47 Å². The number of rotatable bonds is 11. The molecular weight excluding hydrogens is 501 g/mol. The fraction of sp³-hybridized carbons (Fsp3) is 0.414. The monoisotopic (exact) mass is 537 g/mol. The summed E-state index contributed by atoms with van der Waals surface area (Å²) in [7, 11) is 1.60. The molecule has 1 aliphatic heterocycles. The fourth-order valence-corrected chi connectivity index (χ4v) is 4.36. The number of halogens is 1. The lowest BCUT2D eigenvalue weighted by molar-refractivity contribution is -0.135. The minimum atomic E-state index is -0.362. The predicted octanol–water partition coefficient (Wildman–Crippen LogP) is 3.83. The number of morpholine rings is 1. The average Bonchev–Trinajstić information content (AvgIpc) is 3.35. The molecule has 2 heterocycles. The van der Waals surface area contributed by atoms with Crippen molar-refractivity contribution in [2.75, 3.05) is 58.4 Å². The molecule has 2 aromatic carbocycles. The van der Waals surface area contributed by atoms with E-state index in [0.717, 1.165) is 18.7 Å². The van der Waals surface area contributed by atoms with Crippen LogP contribution in [0.2, 0.25) is 0 Å². The van der Waals surface area contributed by atoms with E-state index in [-0.39, 0.29) is 36.0 Å². The van der Waals surface area contributed by atoms with Crippen molar-refractivity contribution in [3.63, 3.8) is 0 Å². The Kier molecular flexibility index (Phi) is 9.67. The van der Waals surface area contributed by atoms with E-state index in [1.165, 1.54) is 12.1 Å². The minimum absolute atomic E-state index is 0.0609. The third-order valence-electron chi connectivity index (χ3n) is 6.51. The number of anilines is 1. The van der Waals surface area contributed by atoms with Gasteiger partial charge in [-0.2, -0.15) is 0 Å². The van der Waals surface area contributed by atoms with Gasteiger partial charge in [-0.25, -0.2) is 9.37 Å². The Balaban J connectivity index is 1.54. The molecule has 1 fully saturated rings. The van der Waals surface area contributed by atoms with Crippen molar-refractivity contribution >= 4 is 17.8 Å². The molecule has 0 spiro atoms. The highest BCUT2D eigenvalue weighted by Gasteiger charge is 2.22. The lowest BCUT2D eigenvalue weighted by Crippen LogP contribution is -2.45. The topological polar surface area (TPSA) is 88.9 Å². The fourth-order valence-electron chi connectivity index (χ4n) is 4.36. The van der Waals surface area contributed by atoms with Crippen LogP contribution in [0.15, 0.2) is 54.7 Å². The van der Waals surface area contributed by atoms with E-state index in [2.05, 4.69) is 15.2 Å². The van der Waals surface area contributed by atoms with Crippen molar-refractivity contribution in [3.8, 4) is 22.7 Å². The summed E-state index contributed by atoms with van der Waals surface area (Å²) in [5.41, 5.74) is 2.09. The van der Waals surface area contributed by atoms with E-state index in [9.17, 15) is 14.0 Å². The molecule has 1 N–H and O–H groups in total. The summed E-state index contributed by atoms with van der Waals surface area (Å²) in [6, 6.07) is 13.3. The molecule has 0 bridgehead atoms. The Morgan fingerprint density at radius 2 is 1.79 bits per heavy atom. The summed E-state index contributed by atoms with van der Waals surface area (Å²) in [6.45, 7) is 7.95. The summed E-state index contributed by atoms with van der Waals surface area (Å²) in [5.74, 6) is 0.393. The second-order valence-electron chi connectivity index (χ2n) is 9.94. The van der Waals surface area contributed by atoms with Crippen molar-refractivity contribution in [1.29, 1.82) is 0 Å². The normalized spacial score (nSPS) is 13.9. The molecular formula is C29H36FN5O4. The van der Waals surface area contributed by atoms with E-state index in [1.54, 1.807) is 34.9 Å². The van der Waals surface area contributed by atoms with Crippen molar-refractivity contribution in [3.05, 3.63) is 60.5 Å². The summed E-state index contributed by atoms with van der Waals surface area (Å²) in [6.07, 6.45) is 2.15. The molecule has 2 amide bonds. The summed E-state index contributed by atoms with van der Waals surface area (Å²) < 4.78 is 26.0. The number of imidazole rings is 1. The maximum atomic E-state index is 13.6. The number of amides is 2. The van der Waals surface area contributed by atoms with Crippen molar-refractivity contribution in [1.82, 2.24) is 19.4 Å². The van der Waals surface area contributed by atoms with Gasteiger partial charge in [0.15, 0.2) is 0 Å². The number of carbonyl (C=O) groups is 2. The maximum Gasteiger partial charge on any atom is 0.246 e. The first kappa shape index (κ1) is 28.3. The van der Waals surface area contributed by atoms with Crippen molar-refractivity contribution < 1.29 is 23.5 Å². The molecule has 0 saturated carbocycles. The first-order valence-corrected chi connectivity index (χ1v) is 13.2. The Labute approximate surface area is 228 Å². The lowest BCUT2D eigenvalue weighted by Gasteiger charge is -2.30. The smallest absolute Gasteiger partial charge is 0.246 e. The summed E-state index contributed by atoms with van der Waals surface area (Å²) >= 11 is 0. The lowest BCUT2D eigenvalue weighted by atomic mass is 10.1. The molecule has 9 nitrogen and oxygen atoms in total. The Morgan fingerprint density at radius 1 is 1.10 bits per heavy atom. The van der Waals surface area contributed by atoms with Crippen LogP contribution in [-0.2, 0) is 14.3 Å². The number of aromatic nitrogens is 2. The highest BCUT2D eigenvalue weighted by Crippen LogP contribution is 2.26. The van der Waals surface area contributed by atoms with E-state index in [0.29, 0.717) is 49.9 Å². The number of hydrogen-bond acceptors (Lipinski definition) is 6. The minimum Gasteiger partial charge on any atom is -0.497 e. The number of methoxy groups -OCH3 is 1. The quantitative estimate of drug-likeness (QED) is 0.400. The van der Waals surface area contributed by atoms with Crippen LogP contribution in [0.3, 0.4) is 0 Å². The third-order valence-corrected chi connectivity index (χ3v) is 6.51. The van der Waals surface area contributed by atoms with Crippen LogP contribution in [0.4, 0.5) is 10.3 Å². The van der Waals surface area contributed by atoms with Crippen LogP contribution >= 0.6 is 0 Å². The molecule has 10 heteroatoms. The number of hydrogen-bond donors (Lipinski definition) is 1. The molecule has 0 atom stereocenters. The summed E-state index contributed by atoms with van der Waals surface area (Å²) in [5, 5.41) is 2.88. The van der Waals surface area contributed by atoms with Crippen LogP contribution in [0, 0.1) is 11.7 Å². The van der Waals surface area contributed by atoms with E-state index < -0.39 is 0 Å². The standard InChI is InChI=1S/C29H36FN5O4/c1-21(2)18-28(37)34(13-12-33-14-16-39-17-15-33)20-27(36)32-29-31-26(22-4-10-25(38-3)11-5-22)19-35(29)24-8-6-23(30)7-9-24/h4-11,19,21H,12-18,20H2,1-3H3,(H,31,32,36).